The molecule has 0 heterocycles. The Morgan fingerprint density at radius 3 is 2.47 bits per heavy atom. The van der Waals surface area contributed by atoms with Gasteiger partial charge >= 0.3 is 0 Å². The van der Waals surface area contributed by atoms with Gasteiger partial charge in [-0.05, 0) is 62.1 Å². The number of hydrogen-bond donors (Lipinski definition) is 2. The molecule has 2 rings (SSSR count). The van der Waals surface area contributed by atoms with Crippen LogP contribution in [-0.4, -0.2) is 6.04 Å². The number of benzene rings is 1. The fraction of sp³-hybridized carbons (Fsp3) is 0.600. The van der Waals surface area contributed by atoms with Crippen molar-refractivity contribution in [1.29, 1.82) is 0 Å². The molecule has 2 unspecified atom stereocenters. The number of nitrogens with two attached hydrogens (primary N) is 2. The Bertz CT molecular complexity index is 371. The summed E-state index contributed by atoms with van der Waals surface area (Å²) in [6, 6.07) is 7.19. The smallest absolute Gasteiger partial charge is 0.0295 e. The normalized spacial score (nSPS) is 18.5. The van der Waals surface area contributed by atoms with Crippen LogP contribution in [0, 0.1) is 0 Å². The van der Waals surface area contributed by atoms with E-state index in [0.29, 0.717) is 0 Å². The molecule has 1 aliphatic carbocycles. The van der Waals surface area contributed by atoms with Crippen molar-refractivity contribution in [3.63, 3.8) is 0 Å². The monoisotopic (exact) mass is 232 g/mol. The van der Waals surface area contributed by atoms with Gasteiger partial charge in [0, 0.05) is 12.1 Å². The standard InChI is InChI=1S/C15H24N2/c1-11(16)6-9-15(17)14-8-7-12-4-2-3-5-13(12)10-14/h7-8,10-11,15H,2-6,9,16-17H2,1H3. The van der Waals surface area contributed by atoms with E-state index < -0.39 is 0 Å². The number of rotatable bonds is 4. The Morgan fingerprint density at radius 2 is 1.76 bits per heavy atom. The maximum absolute atomic E-state index is 6.22. The van der Waals surface area contributed by atoms with Gasteiger partial charge in [-0.15, -0.1) is 0 Å². The summed E-state index contributed by atoms with van der Waals surface area (Å²) < 4.78 is 0. The molecule has 1 aromatic rings. The lowest BCUT2D eigenvalue weighted by molar-refractivity contribution is 0.554. The lowest BCUT2D eigenvalue weighted by atomic mass is 9.88. The molecule has 0 saturated heterocycles. The highest BCUT2D eigenvalue weighted by Crippen LogP contribution is 2.25. The quantitative estimate of drug-likeness (QED) is 0.838. The van der Waals surface area contributed by atoms with Crippen LogP contribution < -0.4 is 11.5 Å². The van der Waals surface area contributed by atoms with Crippen molar-refractivity contribution in [2.45, 2.75) is 57.5 Å². The van der Waals surface area contributed by atoms with Crippen LogP contribution in [-0.2, 0) is 12.8 Å². The maximum Gasteiger partial charge on any atom is 0.0295 e. The molecule has 0 amide bonds. The summed E-state index contributed by atoms with van der Waals surface area (Å²) in [6.45, 7) is 2.04. The van der Waals surface area contributed by atoms with Crippen molar-refractivity contribution in [3.8, 4) is 0 Å². The molecule has 1 aliphatic rings. The zero-order valence-electron chi connectivity index (χ0n) is 10.8. The first-order valence-corrected chi connectivity index (χ1v) is 6.79. The molecule has 0 spiro atoms. The van der Waals surface area contributed by atoms with E-state index in [9.17, 15) is 0 Å². The molecule has 0 aromatic heterocycles. The van der Waals surface area contributed by atoms with Crippen molar-refractivity contribution in [2.24, 2.45) is 11.5 Å². The SMILES string of the molecule is CC(N)CCC(N)c1ccc2c(c1)CCCC2. The Kier molecular flexibility index (Phi) is 4.19. The second kappa shape index (κ2) is 5.65. The third-order valence-electron chi connectivity index (χ3n) is 3.73. The molecule has 94 valence electrons. The van der Waals surface area contributed by atoms with Crippen LogP contribution in [0.1, 0.15) is 55.3 Å². The Morgan fingerprint density at radius 1 is 1.06 bits per heavy atom. The first-order valence-electron chi connectivity index (χ1n) is 6.79. The van der Waals surface area contributed by atoms with Crippen LogP contribution in [0.5, 0.6) is 0 Å². The molecule has 4 N–H and O–H groups in total. The molecule has 0 bridgehead atoms. The molecule has 2 nitrogen and oxygen atoms in total. The van der Waals surface area contributed by atoms with Gasteiger partial charge in [0.15, 0.2) is 0 Å². The number of aryl methyl sites for hydroxylation is 2. The van der Waals surface area contributed by atoms with Gasteiger partial charge in [-0.2, -0.15) is 0 Å². The minimum Gasteiger partial charge on any atom is -0.328 e. The minimum absolute atomic E-state index is 0.147. The van der Waals surface area contributed by atoms with E-state index in [1.54, 1.807) is 0 Å². The van der Waals surface area contributed by atoms with Crippen LogP contribution in [0.25, 0.3) is 0 Å². The van der Waals surface area contributed by atoms with Crippen molar-refractivity contribution in [1.82, 2.24) is 0 Å². The highest BCUT2D eigenvalue weighted by molar-refractivity contribution is 5.35. The molecule has 1 aromatic carbocycles. The predicted molar refractivity (Wildman–Crippen MR) is 72.9 cm³/mol. The topological polar surface area (TPSA) is 52.0 Å². The summed E-state index contributed by atoms with van der Waals surface area (Å²) in [4.78, 5) is 0. The molecule has 0 radical (unpaired) electrons. The maximum atomic E-state index is 6.22. The number of hydrogen-bond acceptors (Lipinski definition) is 2. The van der Waals surface area contributed by atoms with Crippen LogP contribution in [0.15, 0.2) is 18.2 Å². The molecular weight excluding hydrogens is 208 g/mol. The second-order valence-corrected chi connectivity index (χ2v) is 5.40. The average molecular weight is 232 g/mol. The van der Waals surface area contributed by atoms with E-state index >= 15 is 0 Å². The summed E-state index contributed by atoms with van der Waals surface area (Å²) in [6.07, 6.45) is 7.11. The van der Waals surface area contributed by atoms with Gasteiger partial charge in [-0.3, -0.25) is 0 Å². The molecular formula is C15H24N2. The van der Waals surface area contributed by atoms with Crippen molar-refractivity contribution in [2.75, 3.05) is 0 Å². The third-order valence-corrected chi connectivity index (χ3v) is 3.73. The van der Waals surface area contributed by atoms with Gasteiger partial charge in [0.1, 0.15) is 0 Å². The van der Waals surface area contributed by atoms with E-state index in [0.717, 1.165) is 12.8 Å². The summed E-state index contributed by atoms with van der Waals surface area (Å²) in [7, 11) is 0. The summed E-state index contributed by atoms with van der Waals surface area (Å²) >= 11 is 0. The second-order valence-electron chi connectivity index (χ2n) is 5.40. The van der Waals surface area contributed by atoms with Gasteiger partial charge in [-0.25, -0.2) is 0 Å². The average Bonchev–Trinajstić information content (AvgIpc) is 2.35. The molecule has 2 heteroatoms. The third kappa shape index (κ3) is 3.30. The van der Waals surface area contributed by atoms with Crippen molar-refractivity contribution >= 4 is 0 Å². The number of fused-ring (bicyclic) bond motifs is 1. The zero-order chi connectivity index (χ0) is 12.3. The Labute approximate surface area is 104 Å². The lowest BCUT2D eigenvalue weighted by Crippen LogP contribution is -2.19. The first-order chi connectivity index (χ1) is 8.16. The lowest BCUT2D eigenvalue weighted by Gasteiger charge is -2.19. The van der Waals surface area contributed by atoms with Crippen LogP contribution >= 0.6 is 0 Å². The largest absolute Gasteiger partial charge is 0.328 e. The van der Waals surface area contributed by atoms with E-state index in [2.05, 4.69) is 18.2 Å². The predicted octanol–water partition coefficient (Wildman–Crippen LogP) is 2.69. The Balaban J connectivity index is 2.05. The van der Waals surface area contributed by atoms with Gasteiger partial charge in [0.2, 0.25) is 0 Å². The van der Waals surface area contributed by atoms with Gasteiger partial charge in [-0.1, -0.05) is 18.2 Å². The fourth-order valence-electron chi connectivity index (χ4n) is 2.59. The van der Waals surface area contributed by atoms with E-state index in [1.165, 1.54) is 42.4 Å². The van der Waals surface area contributed by atoms with E-state index in [1.807, 2.05) is 6.92 Å². The highest BCUT2D eigenvalue weighted by atomic mass is 14.6. The molecule has 0 aliphatic heterocycles. The van der Waals surface area contributed by atoms with Crippen LogP contribution in [0.3, 0.4) is 0 Å². The molecule has 0 saturated carbocycles. The van der Waals surface area contributed by atoms with Crippen LogP contribution in [0.4, 0.5) is 0 Å². The van der Waals surface area contributed by atoms with Crippen LogP contribution in [0.2, 0.25) is 0 Å². The van der Waals surface area contributed by atoms with E-state index in [4.69, 9.17) is 11.5 Å². The molecule has 2 atom stereocenters. The summed E-state index contributed by atoms with van der Waals surface area (Å²) in [5.74, 6) is 0. The highest BCUT2D eigenvalue weighted by Gasteiger charge is 2.12. The Hall–Kier alpha value is -0.860. The van der Waals surface area contributed by atoms with Gasteiger partial charge in [0.05, 0.1) is 0 Å². The van der Waals surface area contributed by atoms with Crippen molar-refractivity contribution < 1.29 is 0 Å². The minimum atomic E-state index is 0.147. The molecule has 0 fully saturated rings. The van der Waals surface area contributed by atoms with E-state index in [-0.39, 0.29) is 12.1 Å². The first kappa shape index (κ1) is 12.6. The summed E-state index contributed by atoms with van der Waals surface area (Å²) in [5, 5.41) is 0. The van der Waals surface area contributed by atoms with Crippen molar-refractivity contribution in [3.05, 3.63) is 34.9 Å². The summed E-state index contributed by atoms with van der Waals surface area (Å²) in [5.41, 5.74) is 16.3. The van der Waals surface area contributed by atoms with Gasteiger partial charge < -0.3 is 11.5 Å². The molecule has 17 heavy (non-hydrogen) atoms. The zero-order valence-corrected chi connectivity index (χ0v) is 10.8. The van der Waals surface area contributed by atoms with Gasteiger partial charge in [0.25, 0.3) is 0 Å². The fourth-order valence-corrected chi connectivity index (χ4v) is 2.59.